The van der Waals surface area contributed by atoms with Gasteiger partial charge in [-0.3, -0.25) is 0 Å². The van der Waals surface area contributed by atoms with Crippen LogP contribution in [0.3, 0.4) is 0 Å². The van der Waals surface area contributed by atoms with Crippen LogP contribution < -0.4 is 15.2 Å². The summed E-state index contributed by atoms with van der Waals surface area (Å²) in [7, 11) is 0. The van der Waals surface area contributed by atoms with Crippen molar-refractivity contribution in [1.82, 2.24) is 0 Å². The quantitative estimate of drug-likeness (QED) is 0.741. The minimum atomic E-state index is -0.188. The van der Waals surface area contributed by atoms with Crippen molar-refractivity contribution >= 4 is 43.2 Å². The number of hydrogen-bond donors (Lipinski definition) is 1. The minimum Gasteiger partial charge on any atom is -0.490 e. The molecule has 1 aliphatic heterocycles. The van der Waals surface area contributed by atoms with E-state index in [0.29, 0.717) is 13.2 Å². The molecule has 0 amide bonds. The zero-order valence-corrected chi connectivity index (χ0v) is 15.5. The SMILES string of the molecule is Cc1cc(C(N)c2cc3c(cc2Br)OCCCO3)sc1Br. The number of hydrogen-bond acceptors (Lipinski definition) is 4. The maximum absolute atomic E-state index is 6.43. The second-order valence-corrected chi connectivity index (χ2v) is 8.21. The van der Waals surface area contributed by atoms with Crippen molar-refractivity contribution in [3.63, 3.8) is 0 Å². The van der Waals surface area contributed by atoms with Crippen LogP contribution >= 0.6 is 43.2 Å². The Hall–Kier alpha value is -0.560. The maximum Gasteiger partial charge on any atom is 0.162 e. The first kappa shape index (κ1) is 15.3. The molecule has 0 aliphatic carbocycles. The number of rotatable bonds is 2. The van der Waals surface area contributed by atoms with Crippen LogP contribution in [0, 0.1) is 6.92 Å². The Labute approximate surface area is 144 Å². The van der Waals surface area contributed by atoms with Crippen molar-refractivity contribution in [1.29, 1.82) is 0 Å². The van der Waals surface area contributed by atoms with Gasteiger partial charge in [0, 0.05) is 15.8 Å². The summed E-state index contributed by atoms with van der Waals surface area (Å²) in [6.07, 6.45) is 0.894. The van der Waals surface area contributed by atoms with E-state index in [1.165, 1.54) is 5.56 Å². The van der Waals surface area contributed by atoms with Gasteiger partial charge in [0.1, 0.15) is 0 Å². The molecule has 112 valence electrons. The molecular weight excluding hydrogens is 418 g/mol. The summed E-state index contributed by atoms with van der Waals surface area (Å²) in [6, 6.07) is 5.87. The summed E-state index contributed by atoms with van der Waals surface area (Å²) in [5.74, 6) is 1.55. The molecule has 1 aromatic carbocycles. The van der Waals surface area contributed by atoms with E-state index < -0.39 is 0 Å². The van der Waals surface area contributed by atoms with Gasteiger partial charge in [0.2, 0.25) is 0 Å². The molecule has 0 fully saturated rings. The number of benzene rings is 1. The Balaban J connectivity index is 1.99. The van der Waals surface area contributed by atoms with E-state index in [-0.39, 0.29) is 6.04 Å². The molecule has 1 aliphatic rings. The summed E-state index contributed by atoms with van der Waals surface area (Å²) in [5.41, 5.74) is 8.65. The number of fused-ring (bicyclic) bond motifs is 1. The van der Waals surface area contributed by atoms with Crippen molar-refractivity contribution in [2.24, 2.45) is 5.73 Å². The standard InChI is InChI=1S/C15H15Br2NO2S/c1-8-5-13(21-15(8)17)14(18)9-6-11-12(7-10(9)16)20-4-2-3-19-11/h5-7,14H,2-4,18H2,1H3. The van der Waals surface area contributed by atoms with Crippen LogP contribution in [0.25, 0.3) is 0 Å². The highest BCUT2D eigenvalue weighted by Gasteiger charge is 2.20. The largest absolute Gasteiger partial charge is 0.490 e. The van der Waals surface area contributed by atoms with Crippen LogP contribution in [0.2, 0.25) is 0 Å². The third-order valence-electron chi connectivity index (χ3n) is 3.38. The molecule has 0 radical (unpaired) electrons. The fourth-order valence-corrected chi connectivity index (χ4v) is 4.39. The van der Waals surface area contributed by atoms with Crippen molar-refractivity contribution in [2.75, 3.05) is 13.2 Å². The second kappa shape index (κ2) is 6.28. The normalized spacial score (nSPS) is 15.6. The summed E-state index contributed by atoms with van der Waals surface area (Å²) in [6.45, 7) is 3.43. The van der Waals surface area contributed by atoms with E-state index >= 15 is 0 Å². The average Bonchev–Trinajstić information content (AvgIpc) is 2.66. The van der Waals surface area contributed by atoms with Crippen molar-refractivity contribution in [3.8, 4) is 11.5 Å². The van der Waals surface area contributed by atoms with Gasteiger partial charge >= 0.3 is 0 Å². The Kier molecular flexibility index (Phi) is 4.59. The van der Waals surface area contributed by atoms with Crippen LogP contribution in [-0.2, 0) is 0 Å². The lowest BCUT2D eigenvalue weighted by Crippen LogP contribution is -2.11. The molecule has 0 saturated carbocycles. The number of thiophene rings is 1. The van der Waals surface area contributed by atoms with E-state index in [9.17, 15) is 0 Å². The molecule has 6 heteroatoms. The predicted octanol–water partition coefficient (Wildman–Crippen LogP) is 4.79. The fraction of sp³-hybridized carbons (Fsp3) is 0.333. The van der Waals surface area contributed by atoms with Crippen LogP contribution in [0.15, 0.2) is 26.5 Å². The highest BCUT2D eigenvalue weighted by atomic mass is 79.9. The lowest BCUT2D eigenvalue weighted by Gasteiger charge is -2.16. The third-order valence-corrected chi connectivity index (χ3v) is 6.29. The minimum absolute atomic E-state index is 0.188. The molecule has 0 spiro atoms. The first-order valence-corrected chi connectivity index (χ1v) is 9.07. The molecular formula is C15H15Br2NO2S. The number of nitrogens with two attached hydrogens (primary N) is 1. The van der Waals surface area contributed by atoms with Gasteiger partial charge in [-0.15, -0.1) is 11.3 Å². The van der Waals surface area contributed by atoms with E-state index in [1.54, 1.807) is 11.3 Å². The van der Waals surface area contributed by atoms with E-state index in [1.807, 2.05) is 12.1 Å². The van der Waals surface area contributed by atoms with Gasteiger partial charge in [0.05, 0.1) is 23.0 Å². The van der Waals surface area contributed by atoms with E-state index in [4.69, 9.17) is 15.2 Å². The zero-order valence-electron chi connectivity index (χ0n) is 11.5. The van der Waals surface area contributed by atoms with Gasteiger partial charge in [0.25, 0.3) is 0 Å². The lowest BCUT2D eigenvalue weighted by atomic mass is 10.1. The molecule has 0 bridgehead atoms. The molecule has 2 N–H and O–H groups in total. The molecule has 21 heavy (non-hydrogen) atoms. The van der Waals surface area contributed by atoms with Crippen LogP contribution in [0.1, 0.15) is 28.5 Å². The van der Waals surface area contributed by atoms with Crippen molar-refractivity contribution < 1.29 is 9.47 Å². The molecule has 1 atom stereocenters. The first-order chi connectivity index (χ1) is 10.1. The number of aryl methyl sites for hydroxylation is 1. The highest BCUT2D eigenvalue weighted by Crippen LogP contribution is 2.40. The van der Waals surface area contributed by atoms with Crippen LogP contribution in [0.4, 0.5) is 0 Å². The van der Waals surface area contributed by atoms with Gasteiger partial charge in [-0.25, -0.2) is 0 Å². The number of halogens is 2. The fourth-order valence-electron chi connectivity index (χ4n) is 2.23. The predicted molar refractivity (Wildman–Crippen MR) is 92.5 cm³/mol. The second-order valence-electron chi connectivity index (χ2n) is 4.95. The van der Waals surface area contributed by atoms with Gasteiger partial charge in [0.15, 0.2) is 11.5 Å². The molecule has 1 unspecified atom stereocenters. The third kappa shape index (κ3) is 3.13. The highest BCUT2D eigenvalue weighted by molar-refractivity contribution is 9.11. The smallest absolute Gasteiger partial charge is 0.162 e. The van der Waals surface area contributed by atoms with Gasteiger partial charge < -0.3 is 15.2 Å². The van der Waals surface area contributed by atoms with Crippen molar-refractivity contribution in [3.05, 3.63) is 42.5 Å². The Morgan fingerprint density at radius 1 is 1.14 bits per heavy atom. The first-order valence-electron chi connectivity index (χ1n) is 6.66. The van der Waals surface area contributed by atoms with Crippen LogP contribution in [0.5, 0.6) is 11.5 Å². The summed E-state index contributed by atoms with van der Waals surface area (Å²) < 4.78 is 13.5. The summed E-state index contributed by atoms with van der Waals surface area (Å²) in [4.78, 5) is 1.12. The van der Waals surface area contributed by atoms with Crippen molar-refractivity contribution in [2.45, 2.75) is 19.4 Å². The number of ether oxygens (including phenoxy) is 2. The molecule has 3 rings (SSSR count). The molecule has 1 aromatic heterocycles. The monoisotopic (exact) mass is 431 g/mol. The topological polar surface area (TPSA) is 44.5 Å². The van der Waals surface area contributed by atoms with Gasteiger partial charge in [-0.05, 0) is 52.2 Å². The maximum atomic E-state index is 6.43. The Morgan fingerprint density at radius 2 is 1.81 bits per heavy atom. The molecule has 2 aromatic rings. The molecule has 0 saturated heterocycles. The van der Waals surface area contributed by atoms with Gasteiger partial charge in [-0.2, -0.15) is 0 Å². The van der Waals surface area contributed by atoms with E-state index in [2.05, 4.69) is 44.8 Å². The Morgan fingerprint density at radius 3 is 2.43 bits per heavy atom. The van der Waals surface area contributed by atoms with E-state index in [0.717, 1.165) is 36.6 Å². The summed E-state index contributed by atoms with van der Waals surface area (Å²) >= 11 is 8.82. The Bertz CT molecular complexity index is 652. The molecule has 2 heterocycles. The van der Waals surface area contributed by atoms with Gasteiger partial charge in [-0.1, -0.05) is 15.9 Å². The lowest BCUT2D eigenvalue weighted by molar-refractivity contribution is 0.297. The average molecular weight is 433 g/mol. The summed E-state index contributed by atoms with van der Waals surface area (Å²) in [5, 5.41) is 0. The molecule has 3 nitrogen and oxygen atoms in total. The van der Waals surface area contributed by atoms with Crippen LogP contribution in [-0.4, -0.2) is 13.2 Å². The zero-order chi connectivity index (χ0) is 15.0.